The third-order valence-corrected chi connectivity index (χ3v) is 1.86. The first-order valence-corrected chi connectivity index (χ1v) is 3.50. The van der Waals surface area contributed by atoms with E-state index in [9.17, 15) is 4.79 Å². The molecule has 0 aromatic rings. The van der Waals surface area contributed by atoms with Crippen molar-refractivity contribution in [2.45, 2.75) is 32.8 Å². The van der Waals surface area contributed by atoms with Crippen LogP contribution in [-0.2, 0) is 9.53 Å². The second-order valence-electron chi connectivity index (χ2n) is 2.40. The van der Waals surface area contributed by atoms with E-state index in [2.05, 4.69) is 0 Å². The molecule has 1 fully saturated rings. The van der Waals surface area contributed by atoms with Gasteiger partial charge in [0.05, 0.1) is 5.92 Å². The van der Waals surface area contributed by atoms with Crippen LogP contribution in [0.25, 0.3) is 0 Å². The highest BCUT2D eigenvalue weighted by molar-refractivity contribution is 5.78. The highest BCUT2D eigenvalue weighted by Gasteiger charge is 2.39. The van der Waals surface area contributed by atoms with Gasteiger partial charge in [-0.05, 0) is 12.8 Å². The van der Waals surface area contributed by atoms with Gasteiger partial charge >= 0.3 is 5.97 Å². The Labute approximate surface area is 55.2 Å². The first-order valence-electron chi connectivity index (χ1n) is 3.50. The van der Waals surface area contributed by atoms with Crippen LogP contribution >= 0.6 is 0 Å². The van der Waals surface area contributed by atoms with Crippen LogP contribution in [0.4, 0.5) is 0 Å². The van der Waals surface area contributed by atoms with Crippen LogP contribution in [0.3, 0.4) is 0 Å². The van der Waals surface area contributed by atoms with E-state index in [-0.39, 0.29) is 18.0 Å². The number of carbonyl (C=O) groups is 1. The Kier molecular flexibility index (Phi) is 1.74. The van der Waals surface area contributed by atoms with Gasteiger partial charge in [0.2, 0.25) is 0 Å². The minimum atomic E-state index is -0.00986. The van der Waals surface area contributed by atoms with Gasteiger partial charge < -0.3 is 4.74 Å². The number of rotatable bonds is 2. The lowest BCUT2D eigenvalue weighted by Gasteiger charge is -2.33. The van der Waals surface area contributed by atoms with Crippen molar-refractivity contribution in [2.24, 2.45) is 5.92 Å². The fraction of sp³-hybridized carbons (Fsp3) is 0.857. The Morgan fingerprint density at radius 1 is 1.44 bits per heavy atom. The molecule has 2 unspecified atom stereocenters. The molecule has 0 amide bonds. The van der Waals surface area contributed by atoms with E-state index in [0.717, 1.165) is 12.8 Å². The molecular weight excluding hydrogens is 116 g/mol. The van der Waals surface area contributed by atoms with Crippen LogP contribution in [0.15, 0.2) is 0 Å². The number of hydrogen-bond acceptors (Lipinski definition) is 2. The van der Waals surface area contributed by atoms with Gasteiger partial charge in [-0.3, -0.25) is 4.79 Å². The second-order valence-corrected chi connectivity index (χ2v) is 2.40. The summed E-state index contributed by atoms with van der Waals surface area (Å²) in [6, 6.07) is 0. The molecule has 2 heteroatoms. The van der Waals surface area contributed by atoms with Crippen molar-refractivity contribution < 1.29 is 9.53 Å². The maximum Gasteiger partial charge on any atom is 0.312 e. The van der Waals surface area contributed by atoms with E-state index in [0.29, 0.717) is 0 Å². The number of carbonyl (C=O) groups excluding carboxylic acids is 1. The Bertz CT molecular complexity index is 120. The van der Waals surface area contributed by atoms with Gasteiger partial charge in [-0.15, -0.1) is 0 Å². The smallest absolute Gasteiger partial charge is 0.312 e. The standard InChI is InChI=1S/C7H12O2/c1-3-5-6(4-2)9-7(5)8/h5-6H,3-4H2,1-2H3. The van der Waals surface area contributed by atoms with Gasteiger partial charge in [-0.2, -0.15) is 0 Å². The molecule has 0 radical (unpaired) electrons. The highest BCUT2D eigenvalue weighted by atomic mass is 16.6. The van der Waals surface area contributed by atoms with Gasteiger partial charge in [-0.25, -0.2) is 0 Å². The number of hydrogen-bond donors (Lipinski definition) is 0. The van der Waals surface area contributed by atoms with Crippen LogP contribution in [0.1, 0.15) is 26.7 Å². The predicted molar refractivity (Wildman–Crippen MR) is 34.0 cm³/mol. The van der Waals surface area contributed by atoms with Crippen molar-refractivity contribution in [1.29, 1.82) is 0 Å². The topological polar surface area (TPSA) is 26.3 Å². The fourth-order valence-corrected chi connectivity index (χ4v) is 1.20. The minimum absolute atomic E-state index is 0.00986. The first-order chi connectivity index (χ1) is 4.29. The van der Waals surface area contributed by atoms with Crippen molar-refractivity contribution in [3.63, 3.8) is 0 Å². The van der Waals surface area contributed by atoms with Crippen molar-refractivity contribution in [1.82, 2.24) is 0 Å². The SMILES string of the molecule is CCC1OC(=O)C1CC. The molecular formula is C7H12O2. The quantitative estimate of drug-likeness (QED) is 0.525. The van der Waals surface area contributed by atoms with Crippen molar-refractivity contribution in [3.05, 3.63) is 0 Å². The molecule has 2 atom stereocenters. The summed E-state index contributed by atoms with van der Waals surface area (Å²) in [5.74, 6) is 0.194. The zero-order valence-corrected chi connectivity index (χ0v) is 5.89. The molecule has 0 saturated carbocycles. The summed E-state index contributed by atoms with van der Waals surface area (Å²) in [4.78, 5) is 10.6. The lowest BCUT2D eigenvalue weighted by molar-refractivity contribution is -0.184. The molecule has 0 aromatic carbocycles. The summed E-state index contributed by atoms with van der Waals surface area (Å²) >= 11 is 0. The van der Waals surface area contributed by atoms with Crippen molar-refractivity contribution in [2.75, 3.05) is 0 Å². The second kappa shape index (κ2) is 2.38. The summed E-state index contributed by atoms with van der Waals surface area (Å²) in [7, 11) is 0. The van der Waals surface area contributed by atoms with Crippen LogP contribution in [-0.4, -0.2) is 12.1 Å². The van der Waals surface area contributed by atoms with E-state index in [1.54, 1.807) is 0 Å². The zero-order valence-electron chi connectivity index (χ0n) is 5.89. The molecule has 0 spiro atoms. The third kappa shape index (κ3) is 0.934. The largest absolute Gasteiger partial charge is 0.461 e. The maximum atomic E-state index is 10.6. The zero-order chi connectivity index (χ0) is 6.85. The molecule has 52 valence electrons. The molecule has 0 aromatic heterocycles. The molecule has 9 heavy (non-hydrogen) atoms. The average molecular weight is 128 g/mol. The van der Waals surface area contributed by atoms with Gasteiger partial charge in [0.25, 0.3) is 0 Å². The van der Waals surface area contributed by atoms with Gasteiger partial charge in [0.1, 0.15) is 6.10 Å². The van der Waals surface area contributed by atoms with Gasteiger partial charge in [-0.1, -0.05) is 13.8 Å². The number of esters is 1. The molecule has 1 aliphatic rings. The third-order valence-electron chi connectivity index (χ3n) is 1.86. The first kappa shape index (κ1) is 6.59. The molecule has 0 aliphatic carbocycles. The van der Waals surface area contributed by atoms with E-state index >= 15 is 0 Å². The van der Waals surface area contributed by atoms with E-state index < -0.39 is 0 Å². The molecule has 0 bridgehead atoms. The molecule has 1 aliphatic heterocycles. The molecule has 1 rings (SSSR count). The number of cyclic esters (lactones) is 1. The summed E-state index contributed by atoms with van der Waals surface area (Å²) in [5, 5.41) is 0. The summed E-state index contributed by atoms with van der Waals surface area (Å²) in [6.45, 7) is 4.06. The minimum Gasteiger partial charge on any atom is -0.461 e. The Morgan fingerprint density at radius 2 is 2.11 bits per heavy atom. The molecule has 1 heterocycles. The normalized spacial score (nSPS) is 33.3. The molecule has 1 saturated heterocycles. The molecule has 2 nitrogen and oxygen atoms in total. The van der Waals surface area contributed by atoms with E-state index in [1.807, 2.05) is 13.8 Å². The van der Waals surface area contributed by atoms with Crippen LogP contribution in [0, 0.1) is 5.92 Å². The maximum absolute atomic E-state index is 10.6. The highest BCUT2D eigenvalue weighted by Crippen LogP contribution is 2.27. The lowest BCUT2D eigenvalue weighted by atomic mass is 9.92. The van der Waals surface area contributed by atoms with Gasteiger partial charge in [0, 0.05) is 0 Å². The van der Waals surface area contributed by atoms with Crippen LogP contribution in [0.5, 0.6) is 0 Å². The monoisotopic (exact) mass is 128 g/mol. The Hall–Kier alpha value is -0.530. The average Bonchev–Trinajstić information content (AvgIpc) is 1.83. The summed E-state index contributed by atoms with van der Waals surface area (Å²) in [5.41, 5.74) is 0. The van der Waals surface area contributed by atoms with Crippen molar-refractivity contribution >= 4 is 5.97 Å². The molecule has 0 N–H and O–H groups in total. The Morgan fingerprint density at radius 3 is 2.33 bits per heavy atom. The summed E-state index contributed by atoms with van der Waals surface area (Å²) < 4.78 is 4.85. The fourth-order valence-electron chi connectivity index (χ4n) is 1.20. The number of ether oxygens (including phenoxy) is 1. The lowest BCUT2D eigenvalue weighted by Crippen LogP contribution is -2.44. The predicted octanol–water partition coefficient (Wildman–Crippen LogP) is 1.35. The van der Waals surface area contributed by atoms with Gasteiger partial charge in [0.15, 0.2) is 0 Å². The van der Waals surface area contributed by atoms with E-state index in [1.165, 1.54) is 0 Å². The van der Waals surface area contributed by atoms with Crippen molar-refractivity contribution in [3.8, 4) is 0 Å². The van der Waals surface area contributed by atoms with E-state index in [4.69, 9.17) is 4.74 Å². The van der Waals surface area contributed by atoms with Crippen LogP contribution in [0.2, 0.25) is 0 Å². The summed E-state index contributed by atoms with van der Waals surface area (Å²) in [6.07, 6.45) is 2.11. The van der Waals surface area contributed by atoms with Crippen LogP contribution < -0.4 is 0 Å². The Balaban J connectivity index is 2.38.